The largest absolute Gasteiger partial charge is 0.494 e. The maximum Gasteiger partial charge on any atom is 0.193 e. The molecule has 0 aliphatic heterocycles. The third-order valence-electron chi connectivity index (χ3n) is 4.46. The van der Waals surface area contributed by atoms with E-state index in [0.29, 0.717) is 42.7 Å². The highest BCUT2D eigenvalue weighted by atomic mass is 127. The molecule has 0 aliphatic carbocycles. The number of nitrogens with two attached hydrogens (primary N) is 1. The van der Waals surface area contributed by atoms with Gasteiger partial charge in [-0.1, -0.05) is 30.3 Å². The second kappa shape index (κ2) is 12.1. The smallest absolute Gasteiger partial charge is 0.193 e. The molecule has 2 aromatic carbocycles. The van der Waals surface area contributed by atoms with Gasteiger partial charge in [0.15, 0.2) is 5.78 Å². The highest BCUT2D eigenvalue weighted by molar-refractivity contribution is 14.0. The molecule has 0 fully saturated rings. The summed E-state index contributed by atoms with van der Waals surface area (Å²) in [5.41, 5.74) is 6.92. The maximum atomic E-state index is 12.4. The van der Waals surface area contributed by atoms with Gasteiger partial charge in [-0.05, 0) is 49.9 Å². The van der Waals surface area contributed by atoms with E-state index < -0.39 is 5.54 Å². The topological polar surface area (TPSA) is 92.8 Å². The van der Waals surface area contributed by atoms with E-state index >= 15 is 0 Å². The minimum atomic E-state index is -0.557. The standard InChI is InChI=1S/C21H27NO4.HI/c22-21(12-14-23,13-15-24)11-4-16-26-19-9-7-18(8-10-19)20(25)17-5-2-1-3-6-17;/h1-3,5-10,23-24H,4,11-16,22H2;1H. The molecule has 0 radical (unpaired) electrons. The zero-order chi connectivity index (χ0) is 18.8. The van der Waals surface area contributed by atoms with Crippen LogP contribution in [0.5, 0.6) is 5.75 Å². The van der Waals surface area contributed by atoms with Crippen molar-refractivity contribution in [1.29, 1.82) is 0 Å². The first kappa shape index (κ1) is 23.6. The normalized spacial score (nSPS) is 10.9. The van der Waals surface area contributed by atoms with Crippen molar-refractivity contribution < 1.29 is 19.7 Å². The van der Waals surface area contributed by atoms with E-state index in [-0.39, 0.29) is 43.0 Å². The van der Waals surface area contributed by atoms with E-state index in [9.17, 15) is 4.79 Å². The highest BCUT2D eigenvalue weighted by Gasteiger charge is 2.23. The van der Waals surface area contributed by atoms with Crippen molar-refractivity contribution in [3.05, 3.63) is 65.7 Å². The zero-order valence-electron chi connectivity index (χ0n) is 15.3. The Morgan fingerprint density at radius 2 is 1.44 bits per heavy atom. The summed E-state index contributed by atoms with van der Waals surface area (Å²) in [4.78, 5) is 12.4. The molecule has 5 nitrogen and oxygen atoms in total. The van der Waals surface area contributed by atoms with Crippen LogP contribution < -0.4 is 10.5 Å². The van der Waals surface area contributed by atoms with Crippen LogP contribution in [0.3, 0.4) is 0 Å². The molecule has 27 heavy (non-hydrogen) atoms. The van der Waals surface area contributed by atoms with Crippen molar-refractivity contribution in [2.24, 2.45) is 5.73 Å². The molecule has 0 atom stereocenters. The van der Waals surface area contributed by atoms with E-state index in [0.717, 1.165) is 6.42 Å². The molecule has 0 spiro atoms. The lowest BCUT2D eigenvalue weighted by molar-refractivity contribution is 0.103. The van der Waals surface area contributed by atoms with Crippen LogP contribution in [0, 0.1) is 0 Å². The van der Waals surface area contributed by atoms with Gasteiger partial charge in [0.1, 0.15) is 5.75 Å². The number of ether oxygens (including phenoxy) is 1. The Bertz CT molecular complexity index is 670. The predicted octanol–water partition coefficient (Wildman–Crippen LogP) is 3.16. The minimum absolute atomic E-state index is 0. The summed E-state index contributed by atoms with van der Waals surface area (Å²) in [6, 6.07) is 16.2. The third kappa shape index (κ3) is 7.57. The van der Waals surface area contributed by atoms with Gasteiger partial charge >= 0.3 is 0 Å². The number of halogens is 1. The third-order valence-corrected chi connectivity index (χ3v) is 4.46. The fourth-order valence-corrected chi connectivity index (χ4v) is 2.89. The Labute approximate surface area is 177 Å². The van der Waals surface area contributed by atoms with E-state index in [1.807, 2.05) is 18.2 Å². The molecule has 0 aliphatic rings. The zero-order valence-corrected chi connectivity index (χ0v) is 17.7. The molecule has 148 valence electrons. The Morgan fingerprint density at radius 1 is 0.889 bits per heavy atom. The summed E-state index contributed by atoms with van der Waals surface area (Å²) in [6.45, 7) is 0.504. The van der Waals surface area contributed by atoms with Gasteiger partial charge in [0.05, 0.1) is 6.61 Å². The number of hydrogen-bond acceptors (Lipinski definition) is 5. The van der Waals surface area contributed by atoms with Crippen LogP contribution in [0.4, 0.5) is 0 Å². The van der Waals surface area contributed by atoms with Gasteiger partial charge in [-0.2, -0.15) is 0 Å². The summed E-state index contributed by atoms with van der Waals surface area (Å²) in [7, 11) is 0. The molecule has 0 saturated carbocycles. The van der Waals surface area contributed by atoms with Crippen LogP contribution >= 0.6 is 24.0 Å². The lowest BCUT2D eigenvalue weighted by Gasteiger charge is -2.28. The first-order valence-electron chi connectivity index (χ1n) is 8.91. The molecule has 2 aromatic rings. The molecule has 2 rings (SSSR count). The average molecular weight is 485 g/mol. The number of benzene rings is 2. The molecule has 0 aromatic heterocycles. The number of carbonyl (C=O) groups is 1. The van der Waals surface area contributed by atoms with Crippen LogP contribution in [0.2, 0.25) is 0 Å². The van der Waals surface area contributed by atoms with Crippen LogP contribution in [-0.4, -0.2) is 41.4 Å². The first-order chi connectivity index (χ1) is 12.6. The number of rotatable bonds is 11. The summed E-state index contributed by atoms with van der Waals surface area (Å²) < 4.78 is 5.71. The van der Waals surface area contributed by atoms with Crippen molar-refractivity contribution in [3.63, 3.8) is 0 Å². The minimum Gasteiger partial charge on any atom is -0.494 e. The lowest BCUT2D eigenvalue weighted by Crippen LogP contribution is -2.42. The SMILES string of the molecule is I.NC(CCO)(CCO)CCCOc1ccc(C(=O)c2ccccc2)cc1. The van der Waals surface area contributed by atoms with Crippen molar-refractivity contribution in [1.82, 2.24) is 0 Å². The molecular formula is C21H28INO4. The predicted molar refractivity (Wildman–Crippen MR) is 117 cm³/mol. The molecule has 0 heterocycles. The molecule has 0 unspecified atom stereocenters. The summed E-state index contributed by atoms with van der Waals surface area (Å²) >= 11 is 0. The van der Waals surface area contributed by atoms with Crippen LogP contribution in [0.15, 0.2) is 54.6 Å². The highest BCUT2D eigenvalue weighted by Crippen LogP contribution is 2.20. The maximum absolute atomic E-state index is 12.4. The Kier molecular flexibility index (Phi) is 10.5. The van der Waals surface area contributed by atoms with Gasteiger partial charge < -0.3 is 20.7 Å². The van der Waals surface area contributed by atoms with E-state index in [4.69, 9.17) is 20.7 Å². The van der Waals surface area contributed by atoms with Gasteiger partial charge in [0.25, 0.3) is 0 Å². The molecular weight excluding hydrogens is 457 g/mol. The molecule has 0 amide bonds. The molecule has 0 bridgehead atoms. The van der Waals surface area contributed by atoms with Crippen molar-refractivity contribution >= 4 is 29.8 Å². The molecule has 6 heteroatoms. The number of aliphatic hydroxyl groups is 2. The van der Waals surface area contributed by atoms with Gasteiger partial charge in [-0.15, -0.1) is 24.0 Å². The van der Waals surface area contributed by atoms with Gasteiger partial charge in [-0.3, -0.25) is 4.79 Å². The summed E-state index contributed by atoms with van der Waals surface area (Å²) in [5, 5.41) is 18.2. The van der Waals surface area contributed by atoms with E-state index in [1.165, 1.54) is 0 Å². The number of aliphatic hydroxyl groups excluding tert-OH is 2. The monoisotopic (exact) mass is 485 g/mol. The van der Waals surface area contributed by atoms with Gasteiger partial charge in [0, 0.05) is 29.9 Å². The fraction of sp³-hybridized carbons (Fsp3) is 0.381. The van der Waals surface area contributed by atoms with Gasteiger partial charge in [-0.25, -0.2) is 0 Å². The van der Waals surface area contributed by atoms with Crippen molar-refractivity contribution in [3.8, 4) is 5.75 Å². The Balaban J connectivity index is 0.00000364. The quantitative estimate of drug-likeness (QED) is 0.258. The van der Waals surface area contributed by atoms with Crippen molar-refractivity contribution in [2.75, 3.05) is 19.8 Å². The van der Waals surface area contributed by atoms with E-state index in [2.05, 4.69) is 0 Å². The lowest BCUT2D eigenvalue weighted by atomic mass is 9.88. The number of ketones is 1. The molecule has 4 N–H and O–H groups in total. The van der Waals surface area contributed by atoms with Crippen molar-refractivity contribution in [2.45, 2.75) is 31.2 Å². The van der Waals surface area contributed by atoms with Crippen LogP contribution in [0.1, 0.15) is 41.6 Å². The number of hydrogen-bond donors (Lipinski definition) is 3. The summed E-state index contributed by atoms with van der Waals surface area (Å²) in [5.74, 6) is 0.680. The Morgan fingerprint density at radius 3 is 2.00 bits per heavy atom. The van der Waals surface area contributed by atoms with Gasteiger partial charge in [0.2, 0.25) is 0 Å². The second-order valence-electron chi connectivity index (χ2n) is 6.48. The van der Waals surface area contributed by atoms with E-state index in [1.54, 1.807) is 36.4 Å². The summed E-state index contributed by atoms with van der Waals surface area (Å²) in [6.07, 6.45) is 2.31. The first-order valence-corrected chi connectivity index (χ1v) is 8.91. The second-order valence-corrected chi connectivity index (χ2v) is 6.48. The average Bonchev–Trinajstić information content (AvgIpc) is 2.66. The number of carbonyl (C=O) groups excluding carboxylic acids is 1. The van der Waals surface area contributed by atoms with Crippen LogP contribution in [0.25, 0.3) is 0 Å². The fourth-order valence-electron chi connectivity index (χ4n) is 2.89. The Hall–Kier alpha value is -1.48. The van der Waals surface area contributed by atoms with Crippen LogP contribution in [-0.2, 0) is 0 Å². The molecule has 0 saturated heterocycles.